The Kier molecular flexibility index (Phi) is 2.88. The second-order valence-corrected chi connectivity index (χ2v) is 6.90. The number of anilines is 1. The van der Waals surface area contributed by atoms with E-state index >= 15 is 0 Å². The van der Waals surface area contributed by atoms with Gasteiger partial charge in [-0.05, 0) is 43.2 Å². The molecular formula is C20H16FN3O2. The molecule has 130 valence electrons. The van der Waals surface area contributed by atoms with Crippen LogP contribution >= 0.6 is 0 Å². The van der Waals surface area contributed by atoms with E-state index in [1.165, 1.54) is 18.2 Å². The molecule has 1 unspecified atom stereocenters. The number of urea groups is 1. The largest absolute Gasteiger partial charge is 0.356 e. The molecular weight excluding hydrogens is 333 g/mol. The fraction of sp³-hybridized carbons (Fsp3) is 0.200. The van der Waals surface area contributed by atoms with Gasteiger partial charge in [-0.1, -0.05) is 24.3 Å². The summed E-state index contributed by atoms with van der Waals surface area (Å²) < 4.78 is 13.7. The maximum atomic E-state index is 13.7. The molecule has 2 aromatic carbocycles. The lowest BCUT2D eigenvalue weighted by Crippen LogP contribution is -2.49. The van der Waals surface area contributed by atoms with Crippen molar-refractivity contribution in [3.8, 4) is 0 Å². The minimum atomic E-state index is -1.12. The lowest BCUT2D eigenvalue weighted by molar-refractivity contribution is -0.125. The third-order valence-electron chi connectivity index (χ3n) is 5.53. The number of imide groups is 1. The van der Waals surface area contributed by atoms with Crippen LogP contribution in [0.3, 0.4) is 0 Å². The maximum absolute atomic E-state index is 13.7. The van der Waals surface area contributed by atoms with Gasteiger partial charge in [-0.2, -0.15) is 0 Å². The summed E-state index contributed by atoms with van der Waals surface area (Å²) >= 11 is 0. The molecule has 26 heavy (non-hydrogen) atoms. The molecule has 0 spiro atoms. The highest BCUT2D eigenvalue weighted by Gasteiger charge is 2.59. The zero-order valence-electron chi connectivity index (χ0n) is 14.1. The highest BCUT2D eigenvalue weighted by molar-refractivity contribution is 6.23. The van der Waals surface area contributed by atoms with E-state index in [1.54, 1.807) is 17.9 Å². The summed E-state index contributed by atoms with van der Waals surface area (Å²) in [6.45, 7) is 2.21. The fourth-order valence-electron chi connectivity index (χ4n) is 4.23. The summed E-state index contributed by atoms with van der Waals surface area (Å²) in [6, 6.07) is 13.1. The van der Waals surface area contributed by atoms with Crippen molar-refractivity contribution in [2.24, 2.45) is 0 Å². The number of rotatable bonds is 1. The molecule has 5 nitrogen and oxygen atoms in total. The Labute approximate surface area is 149 Å². The Balaban J connectivity index is 1.71. The second kappa shape index (κ2) is 4.94. The minimum Gasteiger partial charge on any atom is -0.356 e. The van der Waals surface area contributed by atoms with Crippen LogP contribution in [-0.4, -0.2) is 28.4 Å². The Bertz CT molecular complexity index is 1090. The lowest BCUT2D eigenvalue weighted by atomic mass is 9.87. The van der Waals surface area contributed by atoms with Gasteiger partial charge in [0.25, 0.3) is 5.91 Å². The summed E-state index contributed by atoms with van der Waals surface area (Å²) in [4.78, 5) is 32.3. The van der Waals surface area contributed by atoms with Crippen molar-refractivity contribution in [3.05, 3.63) is 65.6 Å². The number of halogens is 1. The average Bonchev–Trinajstić information content (AvgIpc) is 3.10. The van der Waals surface area contributed by atoms with E-state index < -0.39 is 17.4 Å². The smallest absolute Gasteiger partial charge is 0.332 e. The van der Waals surface area contributed by atoms with E-state index in [4.69, 9.17) is 0 Å². The molecule has 5 rings (SSSR count). The van der Waals surface area contributed by atoms with E-state index in [-0.39, 0.29) is 11.6 Å². The zero-order valence-corrected chi connectivity index (χ0v) is 14.1. The molecule has 1 saturated heterocycles. The Morgan fingerprint density at radius 1 is 1.12 bits per heavy atom. The number of H-pyrrole nitrogens is 1. The first-order valence-corrected chi connectivity index (χ1v) is 8.53. The fourth-order valence-corrected chi connectivity index (χ4v) is 4.23. The highest BCUT2D eigenvalue weighted by atomic mass is 19.1. The summed E-state index contributed by atoms with van der Waals surface area (Å²) in [6.07, 6.45) is 0.672. The Morgan fingerprint density at radius 2 is 1.92 bits per heavy atom. The van der Waals surface area contributed by atoms with Gasteiger partial charge in [-0.25, -0.2) is 14.1 Å². The molecule has 1 atom stereocenters. The van der Waals surface area contributed by atoms with Crippen LogP contribution < -0.4 is 4.90 Å². The molecule has 0 bridgehead atoms. The normalized spacial score (nSPS) is 22.1. The Morgan fingerprint density at radius 3 is 2.73 bits per heavy atom. The first-order chi connectivity index (χ1) is 12.5. The van der Waals surface area contributed by atoms with Gasteiger partial charge in [0.15, 0.2) is 5.54 Å². The molecule has 3 aromatic rings. The van der Waals surface area contributed by atoms with Crippen LogP contribution in [0.5, 0.6) is 0 Å². The molecule has 1 aromatic heterocycles. The van der Waals surface area contributed by atoms with Gasteiger partial charge in [-0.15, -0.1) is 0 Å². The monoisotopic (exact) mass is 349 g/mol. The van der Waals surface area contributed by atoms with E-state index in [9.17, 15) is 14.0 Å². The number of carbonyl (C=O) groups excluding carboxylic acids is 2. The number of para-hydroxylation sites is 1. The molecule has 0 aliphatic carbocycles. The highest BCUT2D eigenvalue weighted by Crippen LogP contribution is 2.45. The van der Waals surface area contributed by atoms with Crippen molar-refractivity contribution in [2.45, 2.75) is 18.9 Å². The van der Waals surface area contributed by atoms with Crippen LogP contribution in [0.4, 0.5) is 14.9 Å². The minimum absolute atomic E-state index is 0.258. The van der Waals surface area contributed by atoms with E-state index in [0.29, 0.717) is 13.0 Å². The third-order valence-corrected chi connectivity index (χ3v) is 5.53. The van der Waals surface area contributed by atoms with Gasteiger partial charge in [-0.3, -0.25) is 4.79 Å². The molecule has 0 saturated carbocycles. The van der Waals surface area contributed by atoms with E-state index in [2.05, 4.69) is 4.98 Å². The number of aromatic nitrogens is 1. The summed E-state index contributed by atoms with van der Waals surface area (Å²) in [5, 5.41) is 1.08. The lowest BCUT2D eigenvalue weighted by Gasteiger charge is -2.35. The number of benzene rings is 2. The molecule has 6 heteroatoms. The van der Waals surface area contributed by atoms with E-state index in [1.807, 2.05) is 24.3 Å². The topological polar surface area (TPSA) is 56.4 Å². The number of aromatic amines is 1. The van der Waals surface area contributed by atoms with E-state index in [0.717, 1.165) is 27.1 Å². The standard InChI is InChI=1S/C20H16FN3O2/c1-20-17-15(14-7-2-3-8-16(14)22-17)9-10-23(20)19(26)24(18(20)25)13-6-4-5-12(21)11-13/h2-8,11,22H,9-10H2,1H3. The number of amides is 3. The Hall–Kier alpha value is -3.15. The average molecular weight is 349 g/mol. The van der Waals surface area contributed by atoms with Gasteiger partial charge in [0.2, 0.25) is 0 Å². The molecule has 1 N–H and O–H groups in total. The number of hydrogen-bond acceptors (Lipinski definition) is 2. The second-order valence-electron chi connectivity index (χ2n) is 6.90. The number of nitrogens with zero attached hydrogens (tertiary/aromatic N) is 2. The number of fused-ring (bicyclic) bond motifs is 5. The summed E-state index contributed by atoms with van der Waals surface area (Å²) in [5.74, 6) is -0.843. The molecule has 3 heterocycles. The van der Waals surface area contributed by atoms with Gasteiger partial charge >= 0.3 is 6.03 Å². The van der Waals surface area contributed by atoms with Crippen molar-refractivity contribution >= 4 is 28.5 Å². The number of nitrogens with one attached hydrogen (secondary N) is 1. The van der Waals surface area contributed by atoms with Crippen LogP contribution in [0.25, 0.3) is 10.9 Å². The summed E-state index contributed by atoms with van der Waals surface area (Å²) in [5.41, 5.74) is 1.91. The van der Waals surface area contributed by atoms with Crippen molar-refractivity contribution in [1.82, 2.24) is 9.88 Å². The van der Waals surface area contributed by atoms with Crippen LogP contribution in [0.15, 0.2) is 48.5 Å². The van der Waals surface area contributed by atoms with Gasteiger partial charge in [0, 0.05) is 17.4 Å². The van der Waals surface area contributed by atoms with Crippen molar-refractivity contribution in [3.63, 3.8) is 0 Å². The van der Waals surface area contributed by atoms with Crippen molar-refractivity contribution in [2.75, 3.05) is 11.4 Å². The molecule has 2 aliphatic rings. The van der Waals surface area contributed by atoms with Gasteiger partial charge in [0.1, 0.15) is 5.82 Å². The van der Waals surface area contributed by atoms with Crippen LogP contribution in [0.2, 0.25) is 0 Å². The predicted octanol–water partition coefficient (Wildman–Crippen LogP) is 3.55. The molecule has 2 aliphatic heterocycles. The van der Waals surface area contributed by atoms with Crippen LogP contribution in [0, 0.1) is 5.82 Å². The first-order valence-electron chi connectivity index (χ1n) is 8.53. The van der Waals surface area contributed by atoms with Crippen LogP contribution in [0.1, 0.15) is 18.2 Å². The first kappa shape index (κ1) is 15.1. The number of carbonyl (C=O) groups is 2. The van der Waals surface area contributed by atoms with Crippen molar-refractivity contribution < 1.29 is 14.0 Å². The number of hydrogen-bond donors (Lipinski definition) is 1. The quantitative estimate of drug-likeness (QED) is 0.683. The molecule has 1 fully saturated rings. The molecule has 3 amide bonds. The SMILES string of the molecule is CC12C(=O)N(c3cccc(F)c3)C(=O)N1CCc1c2[nH]c2ccccc12. The van der Waals surface area contributed by atoms with Gasteiger partial charge in [0.05, 0.1) is 11.4 Å². The molecule has 0 radical (unpaired) electrons. The maximum Gasteiger partial charge on any atom is 0.332 e. The summed E-state index contributed by atoms with van der Waals surface area (Å²) in [7, 11) is 0. The van der Waals surface area contributed by atoms with Crippen LogP contribution in [-0.2, 0) is 16.8 Å². The zero-order chi connectivity index (χ0) is 18.1. The predicted molar refractivity (Wildman–Crippen MR) is 95.3 cm³/mol. The third kappa shape index (κ3) is 1.73. The van der Waals surface area contributed by atoms with Crippen molar-refractivity contribution in [1.29, 1.82) is 0 Å². The van der Waals surface area contributed by atoms with Gasteiger partial charge < -0.3 is 9.88 Å².